The van der Waals surface area contributed by atoms with Crippen molar-refractivity contribution in [1.82, 2.24) is 10.9 Å². The maximum absolute atomic E-state index is 11.1. The van der Waals surface area contributed by atoms with E-state index in [1.54, 1.807) is 12.4 Å². The first-order valence-corrected chi connectivity index (χ1v) is 5.35. The number of carbonyl (C=O) groups excluding carboxylic acids is 2. The minimum Gasteiger partial charge on any atom is -0.262 e. The molecule has 6 heteroatoms. The first-order chi connectivity index (χ1) is 7.72. The van der Waals surface area contributed by atoms with Gasteiger partial charge in [0.2, 0.25) is 0 Å². The lowest BCUT2D eigenvalue weighted by Crippen LogP contribution is -2.35. The van der Waals surface area contributed by atoms with Gasteiger partial charge >= 0.3 is 11.8 Å². The fourth-order valence-corrected chi connectivity index (χ4v) is 0.697. The fourth-order valence-electron chi connectivity index (χ4n) is 0.697. The van der Waals surface area contributed by atoms with Gasteiger partial charge in [-0.25, -0.2) is 10.9 Å². The Kier molecular flexibility index (Phi) is 8.76. The zero-order valence-electron chi connectivity index (χ0n) is 9.69. The van der Waals surface area contributed by atoms with Crippen molar-refractivity contribution in [2.75, 3.05) is 0 Å². The van der Waals surface area contributed by atoms with Gasteiger partial charge in [-0.15, -0.1) is 0 Å². The fraction of sp³-hybridized carbons (Fsp3) is 0.600. The van der Waals surface area contributed by atoms with Crippen LogP contribution < -0.4 is 10.9 Å². The van der Waals surface area contributed by atoms with Gasteiger partial charge in [-0.3, -0.25) is 9.59 Å². The van der Waals surface area contributed by atoms with Crippen LogP contribution in [0.2, 0.25) is 0 Å². The smallest absolute Gasteiger partial charge is 0.262 e. The molecule has 0 aliphatic carbocycles. The van der Waals surface area contributed by atoms with Crippen molar-refractivity contribution in [3.8, 4) is 0 Å². The van der Waals surface area contributed by atoms with Crippen LogP contribution in [0, 0.1) is 0 Å². The molecule has 0 rings (SSSR count). The molecule has 6 nitrogen and oxygen atoms in total. The van der Waals surface area contributed by atoms with E-state index in [0.29, 0.717) is 0 Å². The van der Waals surface area contributed by atoms with Crippen LogP contribution in [-0.4, -0.2) is 24.2 Å². The van der Waals surface area contributed by atoms with Crippen molar-refractivity contribution in [2.45, 2.75) is 39.5 Å². The highest BCUT2D eigenvalue weighted by atomic mass is 16.2. The van der Waals surface area contributed by atoms with E-state index in [-0.39, 0.29) is 0 Å². The van der Waals surface area contributed by atoms with Crippen LogP contribution in [0.5, 0.6) is 0 Å². The quantitative estimate of drug-likeness (QED) is 0.399. The summed E-state index contributed by atoms with van der Waals surface area (Å²) >= 11 is 0. The zero-order chi connectivity index (χ0) is 12.2. The lowest BCUT2D eigenvalue weighted by Gasteiger charge is -1.97. The number of hydrogen-bond acceptors (Lipinski definition) is 4. The Labute approximate surface area is 95.2 Å². The third kappa shape index (κ3) is 7.66. The van der Waals surface area contributed by atoms with Gasteiger partial charge in [0, 0.05) is 12.4 Å². The van der Waals surface area contributed by atoms with Gasteiger partial charge in [-0.2, -0.15) is 10.2 Å². The molecule has 90 valence electrons. The van der Waals surface area contributed by atoms with Crippen LogP contribution in [-0.2, 0) is 9.59 Å². The molecule has 0 spiro atoms. The molecule has 0 aliphatic rings. The molecular formula is C10H18N4O2. The van der Waals surface area contributed by atoms with Gasteiger partial charge in [-0.1, -0.05) is 26.7 Å². The molecule has 0 aromatic carbocycles. The van der Waals surface area contributed by atoms with E-state index < -0.39 is 11.8 Å². The summed E-state index contributed by atoms with van der Waals surface area (Å²) < 4.78 is 0. The topological polar surface area (TPSA) is 82.9 Å². The molecule has 0 aliphatic heterocycles. The Morgan fingerprint density at radius 2 is 1.31 bits per heavy atom. The summed E-state index contributed by atoms with van der Waals surface area (Å²) in [5.41, 5.74) is 4.21. The lowest BCUT2D eigenvalue weighted by atomic mass is 10.4. The monoisotopic (exact) mass is 226 g/mol. The van der Waals surface area contributed by atoms with E-state index in [9.17, 15) is 9.59 Å². The number of hydrazone groups is 2. The third-order valence-corrected chi connectivity index (χ3v) is 1.56. The first kappa shape index (κ1) is 14.3. The SMILES string of the molecule is CCC/C=N/NC(=O)C(=O)N/N=C/CCC. The summed E-state index contributed by atoms with van der Waals surface area (Å²) in [6, 6.07) is 0. The minimum atomic E-state index is -0.819. The molecule has 0 saturated carbocycles. The molecule has 0 aromatic heterocycles. The summed E-state index contributed by atoms with van der Waals surface area (Å²) in [6.07, 6.45) is 6.49. The molecule has 0 atom stereocenters. The second-order valence-corrected chi connectivity index (χ2v) is 3.08. The number of hydrogen-bond donors (Lipinski definition) is 2. The summed E-state index contributed by atoms with van der Waals surface area (Å²) in [7, 11) is 0. The van der Waals surface area contributed by atoms with Crippen molar-refractivity contribution in [3.63, 3.8) is 0 Å². The first-order valence-electron chi connectivity index (χ1n) is 5.35. The number of amides is 2. The highest BCUT2D eigenvalue weighted by molar-refractivity contribution is 6.35. The number of carbonyl (C=O) groups is 2. The number of unbranched alkanes of at least 4 members (excludes halogenated alkanes) is 2. The second kappa shape index (κ2) is 9.82. The average Bonchev–Trinajstić information content (AvgIpc) is 2.29. The Bertz CT molecular complexity index is 246. The standard InChI is InChI=1S/C10H18N4O2/c1-3-5-7-11-13-9(15)10(16)14-12-8-6-4-2/h7-8H,3-6H2,1-2H3,(H,13,15)(H,14,16)/b11-7+,12-8+. The Morgan fingerprint density at radius 3 is 1.62 bits per heavy atom. The van der Waals surface area contributed by atoms with Crippen LogP contribution in [0.3, 0.4) is 0 Å². The van der Waals surface area contributed by atoms with Gasteiger partial charge in [0.25, 0.3) is 0 Å². The van der Waals surface area contributed by atoms with Crippen LogP contribution in [0.4, 0.5) is 0 Å². The Morgan fingerprint density at radius 1 is 0.938 bits per heavy atom. The van der Waals surface area contributed by atoms with Gasteiger partial charge in [0.1, 0.15) is 0 Å². The molecule has 0 heterocycles. The predicted octanol–water partition coefficient (Wildman–Crippen LogP) is 0.791. The molecule has 0 unspecified atom stereocenters. The largest absolute Gasteiger partial charge is 0.331 e. The maximum Gasteiger partial charge on any atom is 0.331 e. The van der Waals surface area contributed by atoms with Gasteiger partial charge in [-0.05, 0) is 12.8 Å². The van der Waals surface area contributed by atoms with Crippen LogP contribution >= 0.6 is 0 Å². The highest BCUT2D eigenvalue weighted by Crippen LogP contribution is 1.80. The number of rotatable bonds is 6. The average molecular weight is 226 g/mol. The summed E-state index contributed by atoms with van der Waals surface area (Å²) in [6.45, 7) is 3.98. The summed E-state index contributed by atoms with van der Waals surface area (Å²) in [4.78, 5) is 22.1. The maximum atomic E-state index is 11.1. The zero-order valence-corrected chi connectivity index (χ0v) is 9.69. The van der Waals surface area contributed by atoms with E-state index in [2.05, 4.69) is 21.1 Å². The van der Waals surface area contributed by atoms with Gasteiger partial charge in [0.05, 0.1) is 0 Å². The minimum absolute atomic E-state index is 0.760. The van der Waals surface area contributed by atoms with Crippen LogP contribution in [0.25, 0.3) is 0 Å². The van der Waals surface area contributed by atoms with E-state index in [4.69, 9.17) is 0 Å². The van der Waals surface area contributed by atoms with Gasteiger partial charge in [0.15, 0.2) is 0 Å². The van der Waals surface area contributed by atoms with Crippen molar-refractivity contribution >= 4 is 24.2 Å². The summed E-state index contributed by atoms with van der Waals surface area (Å²) in [5, 5.41) is 7.18. The molecule has 2 N–H and O–H groups in total. The van der Waals surface area contributed by atoms with E-state index in [1.165, 1.54) is 0 Å². The molecule has 0 radical (unpaired) electrons. The van der Waals surface area contributed by atoms with Crippen molar-refractivity contribution in [3.05, 3.63) is 0 Å². The molecule has 0 bridgehead atoms. The second-order valence-electron chi connectivity index (χ2n) is 3.08. The van der Waals surface area contributed by atoms with E-state index in [0.717, 1.165) is 25.7 Å². The number of nitrogens with one attached hydrogen (secondary N) is 2. The Hall–Kier alpha value is -1.72. The van der Waals surface area contributed by atoms with Gasteiger partial charge < -0.3 is 0 Å². The third-order valence-electron chi connectivity index (χ3n) is 1.56. The molecule has 0 fully saturated rings. The van der Waals surface area contributed by atoms with Crippen molar-refractivity contribution < 1.29 is 9.59 Å². The lowest BCUT2D eigenvalue weighted by molar-refractivity contribution is -0.139. The normalized spacial score (nSPS) is 10.9. The number of nitrogens with zero attached hydrogens (tertiary/aromatic N) is 2. The summed E-state index contributed by atoms with van der Waals surface area (Å²) in [5.74, 6) is -1.64. The van der Waals surface area contributed by atoms with Crippen LogP contribution in [0.15, 0.2) is 10.2 Å². The van der Waals surface area contributed by atoms with Crippen molar-refractivity contribution in [1.29, 1.82) is 0 Å². The molecule has 2 amide bonds. The van der Waals surface area contributed by atoms with E-state index in [1.807, 2.05) is 13.8 Å². The highest BCUT2D eigenvalue weighted by Gasteiger charge is 2.10. The molecule has 16 heavy (non-hydrogen) atoms. The van der Waals surface area contributed by atoms with E-state index >= 15 is 0 Å². The van der Waals surface area contributed by atoms with Crippen molar-refractivity contribution in [2.24, 2.45) is 10.2 Å². The molecular weight excluding hydrogens is 208 g/mol. The molecule has 0 saturated heterocycles. The Balaban J connectivity index is 3.77. The van der Waals surface area contributed by atoms with Crippen LogP contribution in [0.1, 0.15) is 39.5 Å². The molecule has 0 aromatic rings. The predicted molar refractivity (Wildman–Crippen MR) is 63.1 cm³/mol.